The summed E-state index contributed by atoms with van der Waals surface area (Å²) in [6.45, 7) is 3.48. The minimum absolute atomic E-state index is 0.0381. The van der Waals surface area contributed by atoms with Gasteiger partial charge >= 0.3 is 0 Å². The summed E-state index contributed by atoms with van der Waals surface area (Å²) in [6.07, 6.45) is 0. The van der Waals surface area contributed by atoms with Crippen LogP contribution in [-0.2, 0) is 0 Å². The van der Waals surface area contributed by atoms with Crippen LogP contribution in [0.4, 0.5) is 0 Å². The van der Waals surface area contributed by atoms with Crippen LogP contribution in [-0.4, -0.2) is 22.1 Å². The van der Waals surface area contributed by atoms with Crippen molar-refractivity contribution in [1.29, 1.82) is 0 Å². The Balaban J connectivity index is 3.51. The minimum Gasteiger partial charge on any atom is -0.545 e. The first-order chi connectivity index (χ1) is 7.88. The van der Waals surface area contributed by atoms with Gasteiger partial charge in [0, 0.05) is 11.3 Å². The number of carbonyl (C=O) groups is 2. The van der Waals surface area contributed by atoms with Crippen LogP contribution in [0.25, 0.3) is 0 Å². The third-order valence-electron chi connectivity index (χ3n) is 2.29. The Morgan fingerprint density at radius 1 is 1.41 bits per heavy atom. The summed E-state index contributed by atoms with van der Waals surface area (Å²) in [6, 6.07) is 1.08. The number of carbonyl (C=O) groups excluding carboxylic acids is 2. The van der Waals surface area contributed by atoms with Gasteiger partial charge in [0.15, 0.2) is 5.78 Å². The summed E-state index contributed by atoms with van der Waals surface area (Å²) in [5.74, 6) is -2.05. The van der Waals surface area contributed by atoms with Crippen LogP contribution in [0.15, 0.2) is 10.9 Å². The van der Waals surface area contributed by atoms with E-state index in [9.17, 15) is 19.5 Å². The molecule has 1 heterocycles. The summed E-state index contributed by atoms with van der Waals surface area (Å²) in [5.41, 5.74) is -0.640. The van der Waals surface area contributed by atoms with E-state index in [0.717, 1.165) is 6.07 Å². The molecule has 0 saturated heterocycles. The third-order valence-corrected chi connectivity index (χ3v) is 2.80. The first-order valence-electron chi connectivity index (χ1n) is 4.96. The van der Waals surface area contributed by atoms with Crippen molar-refractivity contribution in [1.82, 2.24) is 4.98 Å². The smallest absolute Gasteiger partial charge is 0.259 e. The van der Waals surface area contributed by atoms with Crippen LogP contribution >= 0.6 is 15.9 Å². The molecule has 0 aliphatic carbocycles. The van der Waals surface area contributed by atoms with Gasteiger partial charge in [-0.3, -0.25) is 9.59 Å². The number of aromatic amines is 1. The first-order valence-corrected chi connectivity index (χ1v) is 6.08. The number of aromatic carboxylic acids is 1. The Labute approximate surface area is 106 Å². The molecule has 0 aromatic carbocycles. The fourth-order valence-corrected chi connectivity index (χ4v) is 1.75. The second-order valence-electron chi connectivity index (χ2n) is 3.84. The SMILES string of the molecule is CC(C)c1[nH]c(=O)c(C(=O)CBr)cc1C(=O)[O-]. The molecule has 5 nitrogen and oxygen atoms in total. The van der Waals surface area contributed by atoms with E-state index >= 15 is 0 Å². The number of nitrogens with one attached hydrogen (secondary N) is 1. The molecule has 0 unspecified atom stereocenters. The minimum atomic E-state index is -1.41. The van der Waals surface area contributed by atoms with Crippen LogP contribution in [0.1, 0.15) is 46.2 Å². The lowest BCUT2D eigenvalue weighted by molar-refractivity contribution is -0.255. The van der Waals surface area contributed by atoms with E-state index in [1.165, 1.54) is 0 Å². The van der Waals surface area contributed by atoms with Crippen molar-refractivity contribution in [2.75, 3.05) is 5.33 Å². The number of hydrogen-bond acceptors (Lipinski definition) is 4. The Hall–Kier alpha value is -1.43. The Kier molecular flexibility index (Phi) is 4.22. The first kappa shape index (κ1) is 13.6. The lowest BCUT2D eigenvalue weighted by atomic mass is 10.0. The van der Waals surface area contributed by atoms with Crippen LogP contribution in [0.2, 0.25) is 0 Å². The van der Waals surface area contributed by atoms with Crippen LogP contribution < -0.4 is 10.7 Å². The van der Waals surface area contributed by atoms with Crippen LogP contribution in [0.3, 0.4) is 0 Å². The summed E-state index contributed by atoms with van der Waals surface area (Å²) in [4.78, 5) is 36.4. The molecule has 6 heteroatoms. The quantitative estimate of drug-likeness (QED) is 0.645. The molecule has 1 rings (SSSR count). The van der Waals surface area contributed by atoms with Gasteiger partial charge in [0.05, 0.1) is 16.9 Å². The molecule has 0 aliphatic heterocycles. The number of carboxylic acid groups (broad SMARTS) is 1. The number of hydrogen-bond donors (Lipinski definition) is 1. The van der Waals surface area contributed by atoms with Gasteiger partial charge in [0.25, 0.3) is 5.56 Å². The number of halogens is 1. The van der Waals surface area contributed by atoms with Crippen molar-refractivity contribution in [2.45, 2.75) is 19.8 Å². The second-order valence-corrected chi connectivity index (χ2v) is 4.40. The third kappa shape index (κ3) is 2.82. The van der Waals surface area contributed by atoms with Crippen molar-refractivity contribution >= 4 is 27.7 Å². The number of Topliss-reactive ketones (excluding diaryl/α,β-unsaturated/α-hetero) is 1. The zero-order valence-corrected chi connectivity index (χ0v) is 11.0. The molecule has 17 heavy (non-hydrogen) atoms. The number of H-pyrrole nitrogens is 1. The molecule has 1 aromatic heterocycles. The maximum atomic E-state index is 11.6. The van der Waals surface area contributed by atoms with Crippen LogP contribution in [0.5, 0.6) is 0 Å². The maximum absolute atomic E-state index is 11.6. The number of carboxylic acids is 1. The monoisotopic (exact) mass is 300 g/mol. The van der Waals surface area contributed by atoms with Gasteiger partial charge < -0.3 is 14.9 Å². The van der Waals surface area contributed by atoms with Gasteiger partial charge in [-0.15, -0.1) is 0 Å². The van der Waals surface area contributed by atoms with Crippen molar-refractivity contribution < 1.29 is 14.7 Å². The summed E-state index contributed by atoms with van der Waals surface area (Å²) in [5, 5.41) is 10.9. The van der Waals surface area contributed by atoms with Crippen molar-refractivity contribution in [3.8, 4) is 0 Å². The highest BCUT2D eigenvalue weighted by atomic mass is 79.9. The zero-order chi connectivity index (χ0) is 13.2. The Bertz CT molecular complexity index is 519. The summed E-state index contributed by atoms with van der Waals surface area (Å²) >= 11 is 2.93. The fourth-order valence-electron chi connectivity index (χ4n) is 1.45. The molecular weight excluding hydrogens is 290 g/mol. The standard InChI is InChI=1S/C11H12BrNO4/c1-5(2)9-7(11(16)17)3-6(8(14)4-12)10(15)13-9/h3,5H,4H2,1-2H3,(H,13,15)(H,16,17)/p-1. The lowest BCUT2D eigenvalue weighted by Crippen LogP contribution is -2.29. The molecule has 0 saturated carbocycles. The molecule has 0 bridgehead atoms. The highest BCUT2D eigenvalue weighted by Gasteiger charge is 2.16. The molecule has 1 aromatic rings. The van der Waals surface area contributed by atoms with Gasteiger partial charge in [-0.2, -0.15) is 0 Å². The number of pyridine rings is 1. The van der Waals surface area contributed by atoms with E-state index in [4.69, 9.17) is 0 Å². The number of alkyl halides is 1. The highest BCUT2D eigenvalue weighted by molar-refractivity contribution is 9.09. The van der Waals surface area contributed by atoms with Gasteiger partial charge in [-0.25, -0.2) is 0 Å². The molecule has 0 atom stereocenters. The van der Waals surface area contributed by atoms with E-state index in [1.807, 2.05) is 0 Å². The predicted octanol–water partition coefficient (Wildman–Crippen LogP) is 0.439. The number of ketones is 1. The Morgan fingerprint density at radius 2 is 2.00 bits per heavy atom. The molecule has 0 aliphatic rings. The zero-order valence-electron chi connectivity index (χ0n) is 9.37. The van der Waals surface area contributed by atoms with E-state index < -0.39 is 17.3 Å². The molecule has 0 amide bonds. The molecule has 0 radical (unpaired) electrons. The van der Waals surface area contributed by atoms with Gasteiger partial charge in [-0.05, 0) is 12.0 Å². The average molecular weight is 301 g/mol. The molecule has 1 N–H and O–H groups in total. The van der Waals surface area contributed by atoms with Gasteiger partial charge in [0.1, 0.15) is 0 Å². The van der Waals surface area contributed by atoms with Crippen LogP contribution in [0, 0.1) is 0 Å². The predicted molar refractivity (Wildman–Crippen MR) is 63.6 cm³/mol. The normalized spacial score (nSPS) is 10.6. The summed E-state index contributed by atoms with van der Waals surface area (Å²) < 4.78 is 0. The van der Waals surface area contributed by atoms with Crippen molar-refractivity contribution in [2.24, 2.45) is 0 Å². The van der Waals surface area contributed by atoms with Gasteiger partial charge in [-0.1, -0.05) is 29.8 Å². The fraction of sp³-hybridized carbons (Fsp3) is 0.364. The topological polar surface area (TPSA) is 90.1 Å². The van der Waals surface area contributed by atoms with E-state index in [-0.39, 0.29) is 28.1 Å². The Morgan fingerprint density at radius 3 is 2.41 bits per heavy atom. The molecule has 0 fully saturated rings. The number of rotatable bonds is 4. The second kappa shape index (κ2) is 5.27. The van der Waals surface area contributed by atoms with E-state index in [2.05, 4.69) is 20.9 Å². The molecular formula is C11H11BrNO4-. The average Bonchev–Trinajstić information content (AvgIpc) is 2.27. The van der Waals surface area contributed by atoms with Crippen molar-refractivity contribution in [3.05, 3.63) is 33.2 Å². The number of aromatic nitrogens is 1. The molecule has 92 valence electrons. The maximum Gasteiger partial charge on any atom is 0.259 e. The lowest BCUT2D eigenvalue weighted by Gasteiger charge is -2.14. The van der Waals surface area contributed by atoms with Gasteiger partial charge in [0.2, 0.25) is 0 Å². The molecule has 0 spiro atoms. The van der Waals surface area contributed by atoms with Crippen molar-refractivity contribution in [3.63, 3.8) is 0 Å². The van der Waals surface area contributed by atoms with E-state index in [1.54, 1.807) is 13.8 Å². The largest absolute Gasteiger partial charge is 0.545 e. The highest BCUT2D eigenvalue weighted by Crippen LogP contribution is 2.16. The summed E-state index contributed by atoms with van der Waals surface area (Å²) in [7, 11) is 0. The van der Waals surface area contributed by atoms with E-state index in [0.29, 0.717) is 0 Å².